The highest BCUT2D eigenvalue weighted by Gasteiger charge is 2.26. The molecule has 0 radical (unpaired) electrons. The fourth-order valence-electron chi connectivity index (χ4n) is 16.1. The Bertz CT molecular complexity index is 6160. The lowest BCUT2D eigenvalue weighted by atomic mass is 9.84. The van der Waals surface area contributed by atoms with E-state index in [1.54, 1.807) is 0 Å². The number of fused-ring (bicyclic) bond motifs is 10. The minimum atomic E-state index is 0.880. The van der Waals surface area contributed by atoms with Gasteiger partial charge in [-0.1, -0.05) is 279 Å². The number of benzene rings is 18. The lowest BCUT2D eigenvalue weighted by Gasteiger charge is -2.23. The summed E-state index contributed by atoms with van der Waals surface area (Å²) in [5.41, 5.74) is 21.3. The second-order valence-corrected chi connectivity index (χ2v) is 25.2. The summed E-state index contributed by atoms with van der Waals surface area (Å²) >= 11 is 0. The van der Waals surface area contributed by atoms with Crippen LogP contribution in [-0.2, 0) is 0 Å². The Kier molecular flexibility index (Phi) is 11.5. The van der Waals surface area contributed by atoms with Crippen LogP contribution in [-0.4, -0.2) is 0 Å². The second kappa shape index (κ2) is 20.6. The van der Waals surface area contributed by atoms with Crippen LogP contribution in [0.3, 0.4) is 0 Å². The first kappa shape index (κ1) is 52.4. The number of hydrogen-bond donors (Lipinski definition) is 0. The van der Waals surface area contributed by atoms with Crippen molar-refractivity contribution >= 4 is 86.2 Å². The molecule has 2 aliphatic rings. The van der Waals surface area contributed by atoms with Crippen LogP contribution in [0, 0.1) is 0 Å². The molecule has 2 nitrogen and oxygen atoms in total. The molecule has 18 aromatic rings. The van der Waals surface area contributed by atoms with E-state index in [1.165, 1.54) is 164 Å². The SMILES string of the molecule is c1cc(-c2ccc(-c3ccc4cccc(-c5ccc(-c6c7ccccc7c(-c7ccc8c(c7)Oc7cccc9cccc-8c79)c7ccccc67)cc5)c4c3)c3ccccc23)cc(-c2c3ccccc3c(-c3ccc4c(c3)Oc3cccc5cccc-4c35)c3ccccc23)c1. The molecule has 0 spiro atoms. The molecule has 0 aromatic heterocycles. The van der Waals surface area contributed by atoms with Gasteiger partial charge in [0, 0.05) is 21.9 Å². The highest BCUT2D eigenvalue weighted by molar-refractivity contribution is 6.24. The lowest BCUT2D eigenvalue weighted by Crippen LogP contribution is -1.98. The Morgan fingerprint density at radius 2 is 0.468 bits per heavy atom. The van der Waals surface area contributed by atoms with Crippen molar-refractivity contribution < 1.29 is 9.47 Å². The zero-order valence-corrected chi connectivity index (χ0v) is 51.0. The van der Waals surface area contributed by atoms with Crippen LogP contribution in [0.15, 0.2) is 328 Å². The normalized spacial score (nSPS) is 12.2. The van der Waals surface area contributed by atoms with Gasteiger partial charge in [-0.25, -0.2) is 0 Å². The molecule has 0 saturated carbocycles. The van der Waals surface area contributed by atoms with Crippen molar-refractivity contribution in [3.05, 3.63) is 328 Å². The van der Waals surface area contributed by atoms with E-state index in [0.717, 1.165) is 45.3 Å². The monoisotopic (exact) mass is 1190 g/mol. The summed E-state index contributed by atoms with van der Waals surface area (Å²) in [5, 5.41) is 19.3. The van der Waals surface area contributed by atoms with E-state index in [9.17, 15) is 0 Å². The summed E-state index contributed by atoms with van der Waals surface area (Å²) in [5.74, 6) is 3.57. The molecule has 2 heterocycles. The van der Waals surface area contributed by atoms with Crippen LogP contribution in [0.5, 0.6) is 23.0 Å². The van der Waals surface area contributed by atoms with Gasteiger partial charge in [0.05, 0.1) is 0 Å². The second-order valence-electron chi connectivity index (χ2n) is 25.2. The summed E-state index contributed by atoms with van der Waals surface area (Å²) in [6, 6.07) is 121. The summed E-state index contributed by atoms with van der Waals surface area (Å²) in [7, 11) is 0. The zero-order valence-electron chi connectivity index (χ0n) is 51.0. The van der Waals surface area contributed by atoms with Crippen molar-refractivity contribution in [3.8, 4) is 123 Å². The van der Waals surface area contributed by atoms with Gasteiger partial charge in [0.25, 0.3) is 0 Å². The third-order valence-corrected chi connectivity index (χ3v) is 20.2. The van der Waals surface area contributed by atoms with Gasteiger partial charge in [0.15, 0.2) is 0 Å². The number of ether oxygens (including phenoxy) is 2. The molecule has 0 bridgehead atoms. The minimum absolute atomic E-state index is 0.880. The molecule has 0 aliphatic carbocycles. The Morgan fingerprint density at radius 1 is 0.149 bits per heavy atom. The zero-order chi connectivity index (χ0) is 61.5. The fourth-order valence-corrected chi connectivity index (χ4v) is 16.1. The highest BCUT2D eigenvalue weighted by Crippen LogP contribution is 2.53. The van der Waals surface area contributed by atoms with Crippen LogP contribution >= 0.6 is 0 Å². The first-order valence-corrected chi connectivity index (χ1v) is 32.4. The number of rotatable bonds is 7. The van der Waals surface area contributed by atoms with Gasteiger partial charge < -0.3 is 9.47 Å². The lowest BCUT2D eigenvalue weighted by molar-refractivity contribution is 0.487. The molecule has 0 amide bonds. The molecule has 18 aromatic carbocycles. The van der Waals surface area contributed by atoms with E-state index in [2.05, 4.69) is 328 Å². The van der Waals surface area contributed by atoms with E-state index < -0.39 is 0 Å². The van der Waals surface area contributed by atoms with Crippen molar-refractivity contribution in [3.63, 3.8) is 0 Å². The van der Waals surface area contributed by atoms with Crippen molar-refractivity contribution in [2.45, 2.75) is 0 Å². The maximum absolute atomic E-state index is 6.75. The molecular weight excluding hydrogens is 1140 g/mol. The van der Waals surface area contributed by atoms with Crippen LogP contribution in [0.4, 0.5) is 0 Å². The van der Waals surface area contributed by atoms with Crippen LogP contribution in [0.2, 0.25) is 0 Å². The first-order chi connectivity index (χ1) is 46.6. The molecule has 20 rings (SSSR count). The van der Waals surface area contributed by atoms with Gasteiger partial charge in [-0.3, -0.25) is 0 Å². The molecule has 0 saturated heterocycles. The standard InChI is InChI=1S/C92H54O2/c1-2-25-69-67(50-49-66(68(69)24-1)60-22-11-23-62(51-60)88-78-30-7-9-32-80(78)90(81-33-10-8-31-79(81)88)64-46-48-71-73-36-14-19-58-21-16-38-84(92(58)73)94-86(71)54-64)61-44-41-55-17-12-34-65(82(55)52-61)56-39-42-59(43-40-56)87-74-26-3-5-28-76(74)89(77-29-6-4-27-75(77)87)63-45-47-70-72-35-13-18-57-20-15-37-83(91(57)72)93-85(70)53-63/h1-54H. The Balaban J connectivity index is 0.650. The minimum Gasteiger partial charge on any atom is -0.456 e. The topological polar surface area (TPSA) is 18.5 Å². The summed E-state index contributed by atoms with van der Waals surface area (Å²) in [6.45, 7) is 0. The van der Waals surface area contributed by atoms with Gasteiger partial charge in [-0.05, 0) is 213 Å². The Hall–Kier alpha value is -12.4. The molecule has 0 unspecified atom stereocenters. The smallest absolute Gasteiger partial charge is 0.135 e. The molecule has 2 heteroatoms. The summed E-state index contributed by atoms with van der Waals surface area (Å²) in [6.07, 6.45) is 0. The quantitative estimate of drug-likeness (QED) is 0.148. The molecular formula is C92H54O2. The largest absolute Gasteiger partial charge is 0.456 e. The molecule has 0 N–H and O–H groups in total. The van der Waals surface area contributed by atoms with Gasteiger partial charge in [-0.15, -0.1) is 0 Å². The van der Waals surface area contributed by atoms with Crippen LogP contribution in [0.25, 0.3) is 186 Å². The van der Waals surface area contributed by atoms with Crippen LogP contribution < -0.4 is 9.47 Å². The third kappa shape index (κ3) is 7.97. The predicted molar refractivity (Wildman–Crippen MR) is 396 cm³/mol. The van der Waals surface area contributed by atoms with Crippen molar-refractivity contribution in [2.75, 3.05) is 0 Å². The van der Waals surface area contributed by atoms with E-state index in [0.29, 0.717) is 0 Å². The maximum atomic E-state index is 6.75. The molecule has 434 valence electrons. The summed E-state index contributed by atoms with van der Waals surface area (Å²) in [4.78, 5) is 0. The molecule has 0 fully saturated rings. The molecule has 94 heavy (non-hydrogen) atoms. The van der Waals surface area contributed by atoms with Gasteiger partial charge in [0.1, 0.15) is 23.0 Å². The maximum Gasteiger partial charge on any atom is 0.135 e. The van der Waals surface area contributed by atoms with Gasteiger partial charge in [-0.2, -0.15) is 0 Å². The summed E-state index contributed by atoms with van der Waals surface area (Å²) < 4.78 is 13.5. The molecule has 0 atom stereocenters. The van der Waals surface area contributed by atoms with Crippen molar-refractivity contribution in [1.82, 2.24) is 0 Å². The van der Waals surface area contributed by atoms with Gasteiger partial charge in [0.2, 0.25) is 0 Å². The fraction of sp³-hybridized carbons (Fsp3) is 0. The predicted octanol–water partition coefficient (Wildman–Crippen LogP) is 26.1. The highest BCUT2D eigenvalue weighted by atomic mass is 16.5. The van der Waals surface area contributed by atoms with E-state index in [1.807, 2.05) is 0 Å². The van der Waals surface area contributed by atoms with E-state index >= 15 is 0 Å². The van der Waals surface area contributed by atoms with E-state index in [4.69, 9.17) is 9.47 Å². The average Bonchev–Trinajstić information content (AvgIpc) is 0.741. The third-order valence-electron chi connectivity index (χ3n) is 20.2. The van der Waals surface area contributed by atoms with Crippen molar-refractivity contribution in [2.24, 2.45) is 0 Å². The average molecular weight is 1190 g/mol. The van der Waals surface area contributed by atoms with E-state index in [-0.39, 0.29) is 0 Å². The Labute approximate surface area is 543 Å². The van der Waals surface area contributed by atoms with Crippen LogP contribution in [0.1, 0.15) is 0 Å². The van der Waals surface area contributed by atoms with Gasteiger partial charge >= 0.3 is 0 Å². The molecule has 2 aliphatic heterocycles. The first-order valence-electron chi connectivity index (χ1n) is 32.4. The Morgan fingerprint density at radius 3 is 0.936 bits per heavy atom. The number of hydrogen-bond acceptors (Lipinski definition) is 2. The van der Waals surface area contributed by atoms with Crippen molar-refractivity contribution in [1.29, 1.82) is 0 Å².